The molecule has 2 rings (SSSR count). The predicted octanol–water partition coefficient (Wildman–Crippen LogP) is 1.45. The lowest BCUT2D eigenvalue weighted by atomic mass is 9.81. The fraction of sp³-hybridized carbons (Fsp3) is 0.176. The molecule has 0 aromatic heterocycles. The largest absolute Gasteiger partial charge is 0.398 e. The average molecular weight is 332 g/mol. The van der Waals surface area contributed by atoms with E-state index in [1.54, 1.807) is 12.1 Å². The Morgan fingerprint density at radius 2 is 1.67 bits per heavy atom. The Balaban J connectivity index is 2.59. The molecule has 4 N–H and O–H groups in total. The van der Waals surface area contributed by atoms with Crippen LogP contribution in [-0.2, 0) is 15.2 Å². The summed E-state index contributed by atoms with van der Waals surface area (Å²) >= 11 is 0. The number of halogens is 1. The zero-order valence-electron chi connectivity index (χ0n) is 12.9. The minimum absolute atomic E-state index is 0.0943. The van der Waals surface area contributed by atoms with Crippen LogP contribution in [0.3, 0.4) is 0 Å². The first kappa shape index (κ1) is 17.6. The molecule has 1 unspecified atom stereocenters. The number of hydrogen-bond donors (Lipinski definition) is 3. The molecule has 0 saturated heterocycles. The van der Waals surface area contributed by atoms with Crippen LogP contribution in [0, 0.1) is 5.82 Å². The molecule has 0 aliphatic rings. The molecule has 0 spiro atoms. The van der Waals surface area contributed by atoms with Crippen molar-refractivity contribution in [3.63, 3.8) is 0 Å². The molecule has 2 aromatic rings. The summed E-state index contributed by atoms with van der Waals surface area (Å²) in [5.74, 6) is -3.06. The van der Waals surface area contributed by atoms with E-state index < -0.39 is 29.5 Å². The molecule has 0 aliphatic carbocycles. The predicted molar refractivity (Wildman–Crippen MR) is 84.4 cm³/mol. The van der Waals surface area contributed by atoms with Crippen LogP contribution in [0.2, 0.25) is 0 Å². The number of hydrogen-bond acceptors (Lipinski definition) is 5. The van der Waals surface area contributed by atoms with E-state index in [4.69, 9.17) is 10.9 Å². The zero-order chi connectivity index (χ0) is 17.9. The van der Waals surface area contributed by atoms with Crippen LogP contribution in [0.15, 0.2) is 48.5 Å². The van der Waals surface area contributed by atoms with Crippen molar-refractivity contribution in [2.24, 2.45) is 0 Å². The van der Waals surface area contributed by atoms with Crippen LogP contribution in [0.4, 0.5) is 10.1 Å². The fourth-order valence-electron chi connectivity index (χ4n) is 2.49. The van der Waals surface area contributed by atoms with Crippen molar-refractivity contribution in [2.45, 2.75) is 12.0 Å². The molecule has 0 radical (unpaired) electrons. The Labute approximate surface area is 137 Å². The lowest BCUT2D eigenvalue weighted by Crippen LogP contribution is -2.38. The molecule has 0 bridgehead atoms. The number of likely N-dealkylation sites (N-methyl/N-ethyl adjacent to an activating group) is 1. The number of hydroxylamine groups is 2. The van der Waals surface area contributed by atoms with Crippen molar-refractivity contribution in [1.82, 2.24) is 5.06 Å². The summed E-state index contributed by atoms with van der Waals surface area (Å²) in [5, 5.41) is 20.4. The number of benzene rings is 2. The van der Waals surface area contributed by atoms with Gasteiger partial charge in [0.25, 0.3) is 0 Å². The number of Topliss-reactive ketones (excluding diaryl/α,β-unsaturated/α-hetero) is 1. The van der Waals surface area contributed by atoms with Crippen molar-refractivity contribution in [3.05, 3.63) is 65.5 Å². The molecule has 1 amide bonds. The average Bonchev–Trinajstić information content (AvgIpc) is 2.54. The maximum absolute atomic E-state index is 14.3. The summed E-state index contributed by atoms with van der Waals surface area (Å²) < 4.78 is 14.3. The standard InChI is InChI=1S/C17H17FN2O4/c1-20(24)16(22)15(21)10-17(23,11-6-2-4-8-13(11)18)12-7-3-5-9-14(12)19/h2-9,23-24H,10,19H2,1H3. The van der Waals surface area contributed by atoms with Gasteiger partial charge in [0.1, 0.15) is 11.4 Å². The van der Waals surface area contributed by atoms with E-state index in [-0.39, 0.29) is 21.9 Å². The number of carbonyl (C=O) groups is 2. The molecule has 24 heavy (non-hydrogen) atoms. The monoisotopic (exact) mass is 332 g/mol. The molecule has 0 heterocycles. The van der Waals surface area contributed by atoms with Crippen LogP contribution in [0.1, 0.15) is 17.5 Å². The van der Waals surface area contributed by atoms with Crippen LogP contribution in [0.5, 0.6) is 0 Å². The number of nitrogens with zero attached hydrogens (tertiary/aromatic N) is 1. The van der Waals surface area contributed by atoms with E-state index in [9.17, 15) is 19.1 Å². The fourth-order valence-corrected chi connectivity index (χ4v) is 2.49. The van der Waals surface area contributed by atoms with Gasteiger partial charge in [-0.05, 0) is 12.1 Å². The number of ketones is 1. The second kappa shape index (κ2) is 6.77. The number of aliphatic hydroxyl groups is 1. The number of para-hydroxylation sites is 1. The van der Waals surface area contributed by atoms with E-state index in [1.165, 1.54) is 30.3 Å². The van der Waals surface area contributed by atoms with Gasteiger partial charge in [-0.2, -0.15) is 0 Å². The van der Waals surface area contributed by atoms with Gasteiger partial charge in [-0.25, -0.2) is 9.45 Å². The molecule has 2 aromatic carbocycles. The summed E-state index contributed by atoms with van der Waals surface area (Å²) in [6.07, 6.45) is -0.772. The van der Waals surface area contributed by atoms with E-state index in [2.05, 4.69) is 0 Å². The Morgan fingerprint density at radius 3 is 2.21 bits per heavy atom. The number of amides is 1. The highest BCUT2D eigenvalue weighted by molar-refractivity contribution is 6.35. The van der Waals surface area contributed by atoms with E-state index in [1.807, 2.05) is 0 Å². The minimum Gasteiger partial charge on any atom is -0.398 e. The third-order valence-corrected chi connectivity index (χ3v) is 3.67. The maximum Gasteiger partial charge on any atom is 0.313 e. The third-order valence-electron chi connectivity index (χ3n) is 3.67. The molecular weight excluding hydrogens is 315 g/mol. The van der Waals surface area contributed by atoms with E-state index >= 15 is 0 Å². The molecule has 126 valence electrons. The number of anilines is 1. The zero-order valence-corrected chi connectivity index (χ0v) is 12.9. The first-order chi connectivity index (χ1) is 11.3. The number of nitrogen functional groups attached to an aromatic ring is 1. The SMILES string of the molecule is CN(O)C(=O)C(=O)CC(O)(c1ccccc1N)c1ccccc1F. The summed E-state index contributed by atoms with van der Waals surface area (Å²) in [6, 6.07) is 11.5. The topological polar surface area (TPSA) is 104 Å². The second-order valence-corrected chi connectivity index (χ2v) is 5.36. The first-order valence-corrected chi connectivity index (χ1v) is 7.09. The van der Waals surface area contributed by atoms with Gasteiger partial charge in [0, 0.05) is 23.9 Å². The lowest BCUT2D eigenvalue weighted by molar-refractivity contribution is -0.166. The highest BCUT2D eigenvalue weighted by atomic mass is 19.1. The highest BCUT2D eigenvalue weighted by Crippen LogP contribution is 2.37. The molecule has 0 fully saturated rings. The van der Waals surface area contributed by atoms with Gasteiger partial charge in [0.15, 0.2) is 0 Å². The van der Waals surface area contributed by atoms with E-state index in [0.717, 1.165) is 13.1 Å². The summed E-state index contributed by atoms with van der Waals surface area (Å²) in [7, 11) is 0.985. The van der Waals surface area contributed by atoms with E-state index in [0.29, 0.717) is 0 Å². The van der Waals surface area contributed by atoms with Gasteiger partial charge < -0.3 is 10.8 Å². The van der Waals surface area contributed by atoms with Crippen molar-refractivity contribution >= 4 is 17.4 Å². The molecule has 1 atom stereocenters. The van der Waals surface area contributed by atoms with Crippen molar-refractivity contribution < 1.29 is 24.3 Å². The van der Waals surface area contributed by atoms with Gasteiger partial charge in [-0.3, -0.25) is 14.8 Å². The van der Waals surface area contributed by atoms with Gasteiger partial charge in [-0.15, -0.1) is 0 Å². The normalized spacial score (nSPS) is 13.2. The summed E-state index contributed by atoms with van der Waals surface area (Å²) in [4.78, 5) is 23.7. The van der Waals surface area contributed by atoms with Gasteiger partial charge >= 0.3 is 5.91 Å². The number of rotatable bonds is 5. The molecule has 0 aliphatic heterocycles. The van der Waals surface area contributed by atoms with Crippen molar-refractivity contribution in [2.75, 3.05) is 12.8 Å². The molecule has 0 saturated carbocycles. The Hall–Kier alpha value is -2.77. The maximum atomic E-state index is 14.3. The van der Waals surface area contributed by atoms with Gasteiger partial charge in [0.05, 0.1) is 6.42 Å². The van der Waals surface area contributed by atoms with Gasteiger partial charge in [0.2, 0.25) is 5.78 Å². The third kappa shape index (κ3) is 3.27. The Morgan fingerprint density at radius 1 is 1.12 bits per heavy atom. The lowest BCUT2D eigenvalue weighted by Gasteiger charge is -2.30. The molecule has 7 heteroatoms. The first-order valence-electron chi connectivity index (χ1n) is 7.09. The summed E-state index contributed by atoms with van der Waals surface area (Å²) in [5.41, 5.74) is 3.76. The summed E-state index contributed by atoms with van der Waals surface area (Å²) in [6.45, 7) is 0. The molecule has 6 nitrogen and oxygen atoms in total. The smallest absolute Gasteiger partial charge is 0.313 e. The Kier molecular flexibility index (Phi) is 4.96. The highest BCUT2D eigenvalue weighted by Gasteiger charge is 2.39. The minimum atomic E-state index is -2.15. The van der Waals surface area contributed by atoms with Crippen molar-refractivity contribution in [1.29, 1.82) is 0 Å². The Bertz CT molecular complexity index is 731. The quantitative estimate of drug-likeness (QED) is 0.333. The van der Waals surface area contributed by atoms with Crippen LogP contribution >= 0.6 is 0 Å². The van der Waals surface area contributed by atoms with Crippen LogP contribution in [0.25, 0.3) is 0 Å². The number of nitrogens with two attached hydrogens (primary N) is 1. The van der Waals surface area contributed by atoms with Crippen molar-refractivity contribution in [3.8, 4) is 0 Å². The second-order valence-electron chi connectivity index (χ2n) is 5.36. The van der Waals surface area contributed by atoms with Crippen LogP contribution < -0.4 is 5.73 Å². The van der Waals surface area contributed by atoms with Crippen LogP contribution in [-0.4, -0.2) is 34.1 Å². The van der Waals surface area contributed by atoms with Gasteiger partial charge in [-0.1, -0.05) is 36.4 Å². The number of carbonyl (C=O) groups excluding carboxylic acids is 2. The molecular formula is C17H17FN2O4.